The number of imide groups is 1. The van der Waals surface area contributed by atoms with Gasteiger partial charge in [-0.05, 0) is 42.0 Å². The number of anilines is 1. The maximum absolute atomic E-state index is 13.1. The van der Waals surface area contributed by atoms with Crippen molar-refractivity contribution in [1.82, 2.24) is 9.80 Å². The fraction of sp³-hybridized carbons (Fsp3) is 0.333. The molecule has 2 saturated heterocycles. The molecule has 2 aliphatic heterocycles. The van der Waals surface area contributed by atoms with E-state index in [9.17, 15) is 19.1 Å². The number of aromatic hydroxyl groups is 1. The number of hydrogen-bond acceptors (Lipinski definition) is 5. The molecule has 0 aliphatic carbocycles. The topological polar surface area (TPSA) is 64.1 Å². The van der Waals surface area contributed by atoms with Gasteiger partial charge in [0.25, 0.3) is 0 Å². The largest absolute Gasteiger partial charge is 0.508 e. The normalized spacial score (nSPS) is 20.8. The van der Waals surface area contributed by atoms with Gasteiger partial charge in [0.2, 0.25) is 11.8 Å². The molecule has 28 heavy (non-hydrogen) atoms. The van der Waals surface area contributed by atoms with E-state index in [1.165, 1.54) is 17.0 Å². The third kappa shape index (κ3) is 3.71. The second kappa shape index (κ2) is 7.59. The number of phenols is 1. The minimum atomic E-state index is -0.421. The molecule has 0 aromatic heterocycles. The van der Waals surface area contributed by atoms with Gasteiger partial charge < -0.3 is 10.0 Å². The van der Waals surface area contributed by atoms with Crippen LogP contribution in [-0.2, 0) is 16.1 Å². The maximum Gasteiger partial charge on any atom is 0.247 e. The standard InChI is InChI=1S/C21H22FN3O3/c22-16-3-1-15(2-4-16)14-25-20(27)13-19(21(25)28)24-11-9-23(10-12-24)17-5-7-18(26)8-6-17/h1-8,19,26H,9-14H2. The molecule has 7 heteroatoms. The smallest absolute Gasteiger partial charge is 0.247 e. The Morgan fingerprint density at radius 3 is 2.21 bits per heavy atom. The third-order valence-corrected chi connectivity index (χ3v) is 5.44. The van der Waals surface area contributed by atoms with E-state index in [2.05, 4.69) is 9.80 Å². The van der Waals surface area contributed by atoms with Gasteiger partial charge in [-0.3, -0.25) is 19.4 Å². The van der Waals surface area contributed by atoms with Crippen molar-refractivity contribution in [3.63, 3.8) is 0 Å². The molecule has 0 bridgehead atoms. The minimum Gasteiger partial charge on any atom is -0.508 e. The summed E-state index contributed by atoms with van der Waals surface area (Å²) in [4.78, 5) is 30.8. The molecule has 0 radical (unpaired) electrons. The van der Waals surface area contributed by atoms with Gasteiger partial charge in [0.1, 0.15) is 11.6 Å². The lowest BCUT2D eigenvalue weighted by molar-refractivity contribution is -0.140. The predicted molar refractivity (Wildman–Crippen MR) is 102 cm³/mol. The van der Waals surface area contributed by atoms with Crippen LogP contribution in [0.2, 0.25) is 0 Å². The van der Waals surface area contributed by atoms with Crippen molar-refractivity contribution in [1.29, 1.82) is 0 Å². The summed E-state index contributed by atoms with van der Waals surface area (Å²) in [6.45, 7) is 3.06. The summed E-state index contributed by atoms with van der Waals surface area (Å²) in [5.74, 6) is -0.460. The molecule has 1 unspecified atom stereocenters. The van der Waals surface area contributed by atoms with Crippen LogP contribution < -0.4 is 4.90 Å². The summed E-state index contributed by atoms with van der Waals surface area (Å²) >= 11 is 0. The molecule has 2 fully saturated rings. The summed E-state index contributed by atoms with van der Waals surface area (Å²) in [5, 5.41) is 9.42. The van der Waals surface area contributed by atoms with Gasteiger partial charge in [-0.25, -0.2) is 4.39 Å². The van der Waals surface area contributed by atoms with Crippen molar-refractivity contribution >= 4 is 17.5 Å². The highest BCUT2D eigenvalue weighted by Gasteiger charge is 2.42. The monoisotopic (exact) mass is 383 g/mol. The highest BCUT2D eigenvalue weighted by molar-refractivity contribution is 6.05. The highest BCUT2D eigenvalue weighted by atomic mass is 19.1. The molecule has 1 atom stereocenters. The Labute approximate surface area is 162 Å². The van der Waals surface area contributed by atoms with Crippen LogP contribution >= 0.6 is 0 Å². The van der Waals surface area contributed by atoms with E-state index in [0.29, 0.717) is 13.1 Å². The Morgan fingerprint density at radius 1 is 0.929 bits per heavy atom. The molecular formula is C21H22FN3O3. The number of benzene rings is 2. The average molecular weight is 383 g/mol. The van der Waals surface area contributed by atoms with Crippen LogP contribution in [0.1, 0.15) is 12.0 Å². The number of carbonyl (C=O) groups is 2. The quantitative estimate of drug-likeness (QED) is 0.818. The lowest BCUT2D eigenvalue weighted by Gasteiger charge is -2.38. The first kappa shape index (κ1) is 18.4. The fourth-order valence-electron chi connectivity index (χ4n) is 3.84. The molecule has 2 aromatic carbocycles. The Hall–Kier alpha value is -2.93. The van der Waals surface area contributed by atoms with Gasteiger partial charge in [0.15, 0.2) is 0 Å². The van der Waals surface area contributed by atoms with Crippen molar-refractivity contribution in [3.05, 3.63) is 59.9 Å². The lowest BCUT2D eigenvalue weighted by atomic mass is 10.1. The van der Waals surface area contributed by atoms with Crippen LogP contribution in [0.5, 0.6) is 5.75 Å². The van der Waals surface area contributed by atoms with E-state index in [1.807, 2.05) is 12.1 Å². The Bertz CT molecular complexity index is 861. The molecule has 146 valence electrons. The number of carbonyl (C=O) groups excluding carboxylic acids is 2. The van der Waals surface area contributed by atoms with Crippen LogP contribution in [0.15, 0.2) is 48.5 Å². The summed E-state index contributed by atoms with van der Waals surface area (Å²) in [6.07, 6.45) is 0.194. The van der Waals surface area contributed by atoms with Gasteiger partial charge in [-0.2, -0.15) is 0 Å². The van der Waals surface area contributed by atoms with Gasteiger partial charge in [-0.1, -0.05) is 12.1 Å². The van der Waals surface area contributed by atoms with Crippen LogP contribution in [0.25, 0.3) is 0 Å². The molecule has 1 N–H and O–H groups in total. The summed E-state index contributed by atoms with van der Waals surface area (Å²) < 4.78 is 13.1. The van der Waals surface area contributed by atoms with Gasteiger partial charge in [-0.15, -0.1) is 0 Å². The Kier molecular flexibility index (Phi) is 5.00. The fourth-order valence-corrected chi connectivity index (χ4v) is 3.84. The molecule has 4 rings (SSSR count). The molecule has 0 spiro atoms. The van der Waals surface area contributed by atoms with E-state index >= 15 is 0 Å². The number of rotatable bonds is 4. The average Bonchev–Trinajstić information content (AvgIpc) is 2.99. The predicted octanol–water partition coefficient (Wildman–Crippen LogP) is 1.98. The van der Waals surface area contributed by atoms with E-state index in [-0.39, 0.29) is 36.3 Å². The number of hydrogen-bond donors (Lipinski definition) is 1. The van der Waals surface area contributed by atoms with Crippen LogP contribution in [-0.4, -0.2) is 58.9 Å². The molecule has 2 amide bonds. The van der Waals surface area contributed by atoms with E-state index in [0.717, 1.165) is 24.3 Å². The SMILES string of the molecule is O=C1CC(N2CCN(c3ccc(O)cc3)CC2)C(=O)N1Cc1ccc(F)cc1. The van der Waals surface area contributed by atoms with Crippen molar-refractivity contribution in [2.75, 3.05) is 31.1 Å². The third-order valence-electron chi connectivity index (χ3n) is 5.44. The lowest BCUT2D eigenvalue weighted by Crippen LogP contribution is -2.52. The molecule has 2 heterocycles. The van der Waals surface area contributed by atoms with Gasteiger partial charge >= 0.3 is 0 Å². The van der Waals surface area contributed by atoms with Crippen molar-refractivity contribution in [2.24, 2.45) is 0 Å². The minimum absolute atomic E-state index is 0.174. The van der Waals surface area contributed by atoms with Gasteiger partial charge in [0, 0.05) is 31.9 Å². The first-order valence-corrected chi connectivity index (χ1v) is 9.38. The van der Waals surface area contributed by atoms with Crippen molar-refractivity contribution in [2.45, 2.75) is 19.0 Å². The van der Waals surface area contributed by atoms with Crippen LogP contribution in [0.3, 0.4) is 0 Å². The number of nitrogens with zero attached hydrogens (tertiary/aromatic N) is 3. The van der Waals surface area contributed by atoms with Crippen LogP contribution in [0.4, 0.5) is 10.1 Å². The van der Waals surface area contributed by atoms with Crippen LogP contribution in [0, 0.1) is 5.82 Å². The number of likely N-dealkylation sites (tertiary alicyclic amines) is 1. The second-order valence-electron chi connectivity index (χ2n) is 7.20. The first-order chi connectivity index (χ1) is 13.5. The first-order valence-electron chi connectivity index (χ1n) is 9.38. The maximum atomic E-state index is 13.1. The number of amides is 2. The summed E-state index contributed by atoms with van der Waals surface area (Å²) in [7, 11) is 0. The molecule has 6 nitrogen and oxygen atoms in total. The highest BCUT2D eigenvalue weighted by Crippen LogP contribution is 2.25. The van der Waals surface area contributed by atoms with E-state index in [1.54, 1.807) is 24.3 Å². The molecular weight excluding hydrogens is 361 g/mol. The molecule has 0 saturated carbocycles. The molecule has 2 aromatic rings. The molecule has 2 aliphatic rings. The number of piperazine rings is 1. The Balaban J connectivity index is 1.37. The van der Waals surface area contributed by atoms with E-state index < -0.39 is 6.04 Å². The van der Waals surface area contributed by atoms with Gasteiger partial charge in [0.05, 0.1) is 19.0 Å². The second-order valence-corrected chi connectivity index (χ2v) is 7.20. The Morgan fingerprint density at radius 2 is 1.57 bits per heavy atom. The zero-order valence-corrected chi connectivity index (χ0v) is 15.4. The van der Waals surface area contributed by atoms with E-state index in [4.69, 9.17) is 0 Å². The zero-order valence-electron chi connectivity index (χ0n) is 15.4. The number of phenolic OH excluding ortho intramolecular Hbond substituents is 1. The number of halogens is 1. The summed E-state index contributed by atoms with van der Waals surface area (Å²) in [5.41, 5.74) is 1.77. The van der Waals surface area contributed by atoms with Crippen molar-refractivity contribution in [3.8, 4) is 5.75 Å². The van der Waals surface area contributed by atoms with Crippen molar-refractivity contribution < 1.29 is 19.1 Å². The summed E-state index contributed by atoms with van der Waals surface area (Å²) in [6, 6.07) is 12.5. The zero-order chi connectivity index (χ0) is 19.7.